The summed E-state index contributed by atoms with van der Waals surface area (Å²) in [6.45, 7) is 9.48. The molecule has 0 spiro atoms. The second kappa shape index (κ2) is 10.8. The predicted molar refractivity (Wildman–Crippen MR) is 200 cm³/mol. The highest BCUT2D eigenvalue weighted by molar-refractivity contribution is 6.07. The van der Waals surface area contributed by atoms with E-state index in [0.717, 1.165) is 44.2 Å². The maximum absolute atomic E-state index is 6.34. The van der Waals surface area contributed by atoms with Crippen LogP contribution in [0.2, 0.25) is 0 Å². The Labute approximate surface area is 286 Å². The Morgan fingerprint density at radius 1 is 0.388 bits per heavy atom. The molecule has 0 saturated carbocycles. The smallest absolute Gasteiger partial charge is 0.164 e. The number of hydrogen-bond donors (Lipinski definition) is 0. The molecule has 0 radical (unpaired) electrons. The van der Waals surface area contributed by atoms with Gasteiger partial charge < -0.3 is 4.42 Å². The molecule has 49 heavy (non-hydrogen) atoms. The summed E-state index contributed by atoms with van der Waals surface area (Å²) in [6.07, 6.45) is 0. The van der Waals surface area contributed by atoms with Gasteiger partial charge in [0.05, 0.1) is 0 Å². The zero-order valence-electron chi connectivity index (χ0n) is 28.0. The fourth-order valence-corrected chi connectivity index (χ4v) is 7.44. The van der Waals surface area contributed by atoms with Crippen molar-refractivity contribution < 1.29 is 4.42 Å². The van der Waals surface area contributed by atoms with Gasteiger partial charge in [0, 0.05) is 27.5 Å². The van der Waals surface area contributed by atoms with Crippen LogP contribution in [0.1, 0.15) is 38.8 Å². The normalized spacial score (nSPS) is 14.4. The van der Waals surface area contributed by atoms with Crippen molar-refractivity contribution in [3.63, 3.8) is 0 Å². The Morgan fingerprint density at radius 3 is 1.59 bits per heavy atom. The SMILES string of the molecule is CC1(C)c2cc(-c3cccc(-c4nc(-c5ccccc5)nc(-c5ccccc5)n4)c3)ccc2-c2cc3c(cc2C1(C)C)oc1ccccc13. The summed E-state index contributed by atoms with van der Waals surface area (Å²) in [7, 11) is 0. The second-order valence-corrected chi connectivity index (χ2v) is 14.1. The molecule has 0 amide bonds. The summed E-state index contributed by atoms with van der Waals surface area (Å²) >= 11 is 0. The minimum Gasteiger partial charge on any atom is -0.456 e. The molecule has 0 saturated heterocycles. The fraction of sp³-hybridized carbons (Fsp3) is 0.133. The molecule has 1 aliphatic rings. The van der Waals surface area contributed by atoms with Gasteiger partial charge in [-0.1, -0.05) is 137 Å². The summed E-state index contributed by atoms with van der Waals surface area (Å²) in [5.74, 6) is 1.97. The van der Waals surface area contributed by atoms with E-state index in [0.29, 0.717) is 17.5 Å². The van der Waals surface area contributed by atoms with Crippen molar-refractivity contribution in [2.75, 3.05) is 0 Å². The number of rotatable bonds is 4. The molecule has 4 heteroatoms. The van der Waals surface area contributed by atoms with Gasteiger partial charge in [0.2, 0.25) is 0 Å². The van der Waals surface area contributed by atoms with E-state index in [9.17, 15) is 0 Å². The van der Waals surface area contributed by atoms with Crippen LogP contribution in [0.3, 0.4) is 0 Å². The van der Waals surface area contributed by atoms with Gasteiger partial charge in [-0.15, -0.1) is 0 Å². The van der Waals surface area contributed by atoms with E-state index in [2.05, 4.69) is 100 Å². The second-order valence-electron chi connectivity index (χ2n) is 14.1. The Bertz CT molecular complexity index is 2490. The summed E-state index contributed by atoms with van der Waals surface area (Å²) < 4.78 is 6.34. The topological polar surface area (TPSA) is 51.8 Å². The average Bonchev–Trinajstić information content (AvgIpc) is 3.52. The molecular formula is C45H35N3O. The molecule has 0 bridgehead atoms. The number of fused-ring (bicyclic) bond motifs is 6. The number of furan rings is 1. The van der Waals surface area contributed by atoms with E-state index in [1.165, 1.54) is 27.8 Å². The third-order valence-corrected chi connectivity index (χ3v) is 10.9. The van der Waals surface area contributed by atoms with Gasteiger partial charge in [-0.3, -0.25) is 0 Å². The Morgan fingerprint density at radius 2 is 0.918 bits per heavy atom. The molecular weight excluding hydrogens is 599 g/mol. The summed E-state index contributed by atoms with van der Waals surface area (Å²) in [5, 5.41) is 2.32. The molecule has 2 aromatic heterocycles. The Kier molecular flexibility index (Phi) is 6.47. The van der Waals surface area contributed by atoms with Crippen LogP contribution in [0.5, 0.6) is 0 Å². The largest absolute Gasteiger partial charge is 0.456 e. The third kappa shape index (κ3) is 4.62. The first-order valence-electron chi connectivity index (χ1n) is 16.9. The zero-order chi connectivity index (χ0) is 33.3. The number of para-hydroxylation sites is 1. The van der Waals surface area contributed by atoms with Crippen LogP contribution in [0.25, 0.3) is 78.4 Å². The van der Waals surface area contributed by atoms with E-state index < -0.39 is 0 Å². The molecule has 0 atom stereocenters. The average molecular weight is 634 g/mol. The van der Waals surface area contributed by atoms with E-state index in [1.807, 2.05) is 66.7 Å². The van der Waals surface area contributed by atoms with E-state index in [1.54, 1.807) is 0 Å². The monoisotopic (exact) mass is 633 g/mol. The van der Waals surface area contributed by atoms with Crippen molar-refractivity contribution in [3.8, 4) is 56.4 Å². The minimum atomic E-state index is -0.147. The van der Waals surface area contributed by atoms with E-state index >= 15 is 0 Å². The lowest BCUT2D eigenvalue weighted by Crippen LogP contribution is -2.43. The number of aromatic nitrogens is 3. The van der Waals surface area contributed by atoms with Crippen LogP contribution in [0.4, 0.5) is 0 Å². The summed E-state index contributed by atoms with van der Waals surface area (Å²) in [4.78, 5) is 14.8. The van der Waals surface area contributed by atoms with Gasteiger partial charge in [0.25, 0.3) is 0 Å². The Hall–Kier alpha value is -5.87. The highest BCUT2D eigenvalue weighted by Crippen LogP contribution is 2.55. The number of hydrogen-bond acceptors (Lipinski definition) is 4. The third-order valence-electron chi connectivity index (χ3n) is 10.9. The highest BCUT2D eigenvalue weighted by Gasteiger charge is 2.46. The maximum Gasteiger partial charge on any atom is 0.164 e. The number of nitrogens with zero attached hydrogens (tertiary/aromatic N) is 3. The lowest BCUT2D eigenvalue weighted by Gasteiger charge is -2.48. The van der Waals surface area contributed by atoms with Gasteiger partial charge in [-0.25, -0.2) is 15.0 Å². The van der Waals surface area contributed by atoms with Crippen molar-refractivity contribution in [2.45, 2.75) is 38.5 Å². The van der Waals surface area contributed by atoms with Crippen molar-refractivity contribution in [3.05, 3.63) is 151 Å². The Balaban J connectivity index is 1.18. The molecule has 4 nitrogen and oxygen atoms in total. The van der Waals surface area contributed by atoms with Crippen molar-refractivity contribution in [2.24, 2.45) is 0 Å². The summed E-state index contributed by atoms with van der Waals surface area (Å²) in [6, 6.07) is 48.7. The van der Waals surface area contributed by atoms with E-state index in [4.69, 9.17) is 19.4 Å². The van der Waals surface area contributed by atoms with Gasteiger partial charge in [-0.2, -0.15) is 0 Å². The number of benzene rings is 6. The molecule has 1 aliphatic carbocycles. The van der Waals surface area contributed by atoms with Crippen LogP contribution < -0.4 is 0 Å². The molecule has 0 fully saturated rings. The maximum atomic E-state index is 6.34. The van der Waals surface area contributed by atoms with Crippen molar-refractivity contribution >= 4 is 21.9 Å². The molecule has 6 aromatic carbocycles. The van der Waals surface area contributed by atoms with Gasteiger partial charge in [0.1, 0.15) is 11.2 Å². The molecule has 236 valence electrons. The quantitative estimate of drug-likeness (QED) is 0.193. The van der Waals surface area contributed by atoms with E-state index in [-0.39, 0.29) is 10.8 Å². The highest BCUT2D eigenvalue weighted by atomic mass is 16.3. The molecule has 8 aromatic rings. The molecule has 9 rings (SSSR count). The van der Waals surface area contributed by atoms with Crippen LogP contribution in [0, 0.1) is 0 Å². The lowest BCUT2D eigenvalue weighted by molar-refractivity contribution is 0.299. The standard InChI is InChI=1S/C45H35N3O/c1-44(2)37-25-31(22-23-33(37)35-26-36-34-20-11-12-21-39(34)49-40(36)27-38(35)45(44,3)4)30-18-13-19-32(24-30)43-47-41(28-14-7-5-8-15-28)46-42(48-43)29-16-9-6-10-17-29/h5-27H,1-4H3. The van der Waals surface area contributed by atoms with Crippen LogP contribution in [-0.4, -0.2) is 15.0 Å². The predicted octanol–water partition coefficient (Wildman–Crippen LogP) is 11.7. The molecule has 2 heterocycles. The summed E-state index contributed by atoms with van der Waals surface area (Å²) in [5.41, 5.74) is 12.0. The van der Waals surface area contributed by atoms with Crippen LogP contribution >= 0.6 is 0 Å². The van der Waals surface area contributed by atoms with Crippen molar-refractivity contribution in [1.29, 1.82) is 0 Å². The molecule has 0 unspecified atom stereocenters. The first-order valence-corrected chi connectivity index (χ1v) is 16.9. The first kappa shape index (κ1) is 29.3. The van der Waals surface area contributed by atoms with Crippen LogP contribution in [-0.2, 0) is 10.8 Å². The zero-order valence-corrected chi connectivity index (χ0v) is 28.0. The first-order chi connectivity index (χ1) is 23.8. The minimum absolute atomic E-state index is 0.143. The van der Waals surface area contributed by atoms with Gasteiger partial charge in [-0.05, 0) is 74.5 Å². The fourth-order valence-electron chi connectivity index (χ4n) is 7.44. The van der Waals surface area contributed by atoms with Gasteiger partial charge in [0.15, 0.2) is 17.5 Å². The van der Waals surface area contributed by atoms with Crippen molar-refractivity contribution in [1.82, 2.24) is 15.0 Å². The molecule has 0 aliphatic heterocycles. The lowest BCUT2D eigenvalue weighted by atomic mass is 9.55. The van der Waals surface area contributed by atoms with Crippen LogP contribution in [0.15, 0.2) is 144 Å². The van der Waals surface area contributed by atoms with Gasteiger partial charge >= 0.3 is 0 Å². The molecule has 0 N–H and O–H groups in total.